The Bertz CT molecular complexity index is 328. The van der Waals surface area contributed by atoms with E-state index in [0.717, 1.165) is 19.3 Å². The number of fused-ring (bicyclic) bond motifs is 1. The Kier molecular flexibility index (Phi) is 4.54. The van der Waals surface area contributed by atoms with E-state index in [1.165, 1.54) is 11.1 Å². The van der Waals surface area contributed by atoms with Crippen LogP contribution in [0.1, 0.15) is 50.7 Å². The molecule has 0 bridgehead atoms. The van der Waals surface area contributed by atoms with Crippen LogP contribution in [0.5, 0.6) is 0 Å². The number of Topliss-reactive ketones (excluding diaryl/α,β-unsaturated/α-hetero) is 1. The van der Waals surface area contributed by atoms with E-state index in [0.29, 0.717) is 11.7 Å². The summed E-state index contributed by atoms with van der Waals surface area (Å²) in [6.45, 7) is 5.68. The van der Waals surface area contributed by atoms with Gasteiger partial charge in [-0.25, -0.2) is 0 Å². The first-order chi connectivity index (χ1) is 7.27. The van der Waals surface area contributed by atoms with E-state index >= 15 is 0 Å². The Labute approximate surface area is 92.5 Å². The molecule has 0 saturated carbocycles. The summed E-state index contributed by atoms with van der Waals surface area (Å²) in [5.74, 6) is 0.801. The molecule has 0 spiro atoms. The molecule has 1 aromatic rings. The van der Waals surface area contributed by atoms with Gasteiger partial charge in [0.2, 0.25) is 0 Å². The molecule has 2 rings (SSSR count). The van der Waals surface area contributed by atoms with Crippen LogP contribution in [-0.4, -0.2) is 5.78 Å². The van der Waals surface area contributed by atoms with Crippen molar-refractivity contribution in [3.8, 4) is 0 Å². The highest BCUT2D eigenvalue weighted by Gasteiger charge is 2.22. The zero-order valence-corrected chi connectivity index (χ0v) is 9.92. The van der Waals surface area contributed by atoms with Gasteiger partial charge in [0.05, 0.1) is 0 Å². The van der Waals surface area contributed by atoms with Crippen molar-refractivity contribution >= 4 is 5.78 Å². The van der Waals surface area contributed by atoms with Gasteiger partial charge in [0, 0.05) is 6.42 Å². The van der Waals surface area contributed by atoms with Crippen LogP contribution in [0, 0.1) is 0 Å². The highest BCUT2D eigenvalue weighted by Crippen LogP contribution is 2.35. The summed E-state index contributed by atoms with van der Waals surface area (Å²) in [6, 6.07) is 8.48. The van der Waals surface area contributed by atoms with Gasteiger partial charge in [-0.3, -0.25) is 0 Å². The molecule has 0 N–H and O–H groups in total. The Hall–Kier alpha value is -1.11. The third-order valence-electron chi connectivity index (χ3n) is 2.79. The van der Waals surface area contributed by atoms with E-state index in [4.69, 9.17) is 0 Å². The number of hydrogen-bond donors (Lipinski definition) is 0. The lowest BCUT2D eigenvalue weighted by Crippen LogP contribution is -2.00. The zero-order chi connectivity index (χ0) is 11.3. The van der Waals surface area contributed by atoms with Gasteiger partial charge in [-0.1, -0.05) is 38.1 Å². The number of carbonyl (C=O) groups is 1. The molecule has 1 aliphatic carbocycles. The molecule has 0 aromatic heterocycles. The Morgan fingerprint density at radius 1 is 1.33 bits per heavy atom. The molecule has 0 fully saturated rings. The molecule has 0 unspecified atom stereocenters. The lowest BCUT2D eigenvalue weighted by atomic mass is 9.96. The van der Waals surface area contributed by atoms with Crippen LogP contribution in [0.4, 0.5) is 0 Å². The van der Waals surface area contributed by atoms with Crippen molar-refractivity contribution in [2.24, 2.45) is 0 Å². The van der Waals surface area contributed by atoms with Crippen molar-refractivity contribution in [2.75, 3.05) is 0 Å². The molecule has 1 atom stereocenters. The first kappa shape index (κ1) is 12.0. The normalized spacial score (nSPS) is 17.7. The minimum atomic E-state index is 0.307. The number of ketones is 1. The van der Waals surface area contributed by atoms with Crippen LogP contribution >= 0.6 is 0 Å². The van der Waals surface area contributed by atoms with E-state index in [1.54, 1.807) is 6.92 Å². The molecular formula is C14H20O. The zero-order valence-electron chi connectivity index (χ0n) is 9.92. The van der Waals surface area contributed by atoms with Crippen molar-refractivity contribution in [3.05, 3.63) is 35.4 Å². The van der Waals surface area contributed by atoms with E-state index < -0.39 is 0 Å². The topological polar surface area (TPSA) is 17.1 Å². The van der Waals surface area contributed by atoms with Gasteiger partial charge >= 0.3 is 0 Å². The van der Waals surface area contributed by atoms with E-state index in [2.05, 4.69) is 24.3 Å². The van der Waals surface area contributed by atoms with Crippen LogP contribution < -0.4 is 0 Å². The third-order valence-corrected chi connectivity index (χ3v) is 2.79. The standard InChI is InChI=1S/C12H14O.C2H6/c1-9(13)8-11-7-6-10-4-2-3-5-12(10)11;1-2/h2-5,11H,6-8H2,1H3;1-2H3/t11-;/m1./s1. The lowest BCUT2D eigenvalue weighted by Gasteiger charge is -2.08. The second kappa shape index (κ2) is 5.69. The van der Waals surface area contributed by atoms with Crippen molar-refractivity contribution < 1.29 is 4.79 Å². The predicted octanol–water partition coefficient (Wildman–Crippen LogP) is 3.72. The monoisotopic (exact) mass is 204 g/mol. The largest absolute Gasteiger partial charge is 0.300 e. The van der Waals surface area contributed by atoms with Crippen molar-refractivity contribution in [1.82, 2.24) is 0 Å². The smallest absolute Gasteiger partial charge is 0.130 e. The summed E-state index contributed by atoms with van der Waals surface area (Å²) in [5, 5.41) is 0. The van der Waals surface area contributed by atoms with Crippen molar-refractivity contribution in [1.29, 1.82) is 0 Å². The number of hydrogen-bond acceptors (Lipinski definition) is 1. The van der Waals surface area contributed by atoms with Gasteiger partial charge in [0.1, 0.15) is 5.78 Å². The molecule has 1 heteroatoms. The molecule has 0 aliphatic heterocycles. The average molecular weight is 204 g/mol. The van der Waals surface area contributed by atoms with Gasteiger partial charge in [-0.15, -0.1) is 0 Å². The number of aryl methyl sites for hydroxylation is 1. The van der Waals surface area contributed by atoms with Gasteiger partial charge in [-0.05, 0) is 36.8 Å². The fraction of sp³-hybridized carbons (Fsp3) is 0.500. The van der Waals surface area contributed by atoms with E-state index in [-0.39, 0.29) is 0 Å². The molecule has 15 heavy (non-hydrogen) atoms. The summed E-state index contributed by atoms with van der Waals surface area (Å²) in [6.07, 6.45) is 3.02. The molecular weight excluding hydrogens is 184 g/mol. The summed E-state index contributed by atoms with van der Waals surface area (Å²) in [7, 11) is 0. The molecule has 1 nitrogen and oxygen atoms in total. The van der Waals surface area contributed by atoms with Crippen molar-refractivity contribution in [3.63, 3.8) is 0 Å². The SMILES string of the molecule is CC.CC(=O)C[C@H]1CCc2ccccc21. The fourth-order valence-electron chi connectivity index (χ4n) is 2.20. The van der Waals surface area contributed by atoms with Gasteiger partial charge in [0.15, 0.2) is 0 Å². The highest BCUT2D eigenvalue weighted by molar-refractivity contribution is 5.76. The molecule has 0 heterocycles. The van der Waals surface area contributed by atoms with Crippen LogP contribution in [0.3, 0.4) is 0 Å². The van der Waals surface area contributed by atoms with Gasteiger partial charge in [0.25, 0.3) is 0 Å². The van der Waals surface area contributed by atoms with Gasteiger partial charge in [-0.2, -0.15) is 0 Å². The number of rotatable bonds is 2. The fourth-order valence-corrected chi connectivity index (χ4v) is 2.20. The summed E-state index contributed by atoms with van der Waals surface area (Å²) in [5.41, 5.74) is 2.84. The van der Waals surface area contributed by atoms with Gasteiger partial charge < -0.3 is 4.79 Å². The lowest BCUT2D eigenvalue weighted by molar-refractivity contribution is -0.117. The van der Waals surface area contributed by atoms with E-state index in [1.807, 2.05) is 13.8 Å². The molecule has 1 aromatic carbocycles. The van der Waals surface area contributed by atoms with E-state index in [9.17, 15) is 4.79 Å². The Balaban J connectivity index is 0.000000531. The second-order valence-electron chi connectivity index (χ2n) is 3.84. The summed E-state index contributed by atoms with van der Waals surface area (Å²) >= 11 is 0. The molecule has 0 amide bonds. The Morgan fingerprint density at radius 3 is 2.67 bits per heavy atom. The van der Waals surface area contributed by atoms with Crippen LogP contribution in [0.15, 0.2) is 24.3 Å². The minimum absolute atomic E-state index is 0.307. The molecule has 1 aliphatic rings. The maximum absolute atomic E-state index is 11.0. The Morgan fingerprint density at radius 2 is 2.00 bits per heavy atom. The number of benzene rings is 1. The second-order valence-corrected chi connectivity index (χ2v) is 3.84. The first-order valence-corrected chi connectivity index (χ1v) is 5.84. The van der Waals surface area contributed by atoms with Crippen LogP contribution in [0.2, 0.25) is 0 Å². The summed E-state index contributed by atoms with van der Waals surface area (Å²) < 4.78 is 0. The maximum Gasteiger partial charge on any atom is 0.130 e. The summed E-state index contributed by atoms with van der Waals surface area (Å²) in [4.78, 5) is 11.0. The molecule has 0 radical (unpaired) electrons. The third kappa shape index (κ3) is 2.92. The molecule has 0 saturated heterocycles. The average Bonchev–Trinajstić information content (AvgIpc) is 2.64. The predicted molar refractivity (Wildman–Crippen MR) is 64.2 cm³/mol. The highest BCUT2D eigenvalue weighted by atomic mass is 16.1. The first-order valence-electron chi connectivity index (χ1n) is 5.84. The number of carbonyl (C=O) groups excluding carboxylic acids is 1. The minimum Gasteiger partial charge on any atom is -0.300 e. The quantitative estimate of drug-likeness (QED) is 0.717. The maximum atomic E-state index is 11.0. The van der Waals surface area contributed by atoms with Crippen LogP contribution in [0.25, 0.3) is 0 Å². The van der Waals surface area contributed by atoms with Crippen LogP contribution in [-0.2, 0) is 11.2 Å². The van der Waals surface area contributed by atoms with Crippen molar-refractivity contribution in [2.45, 2.75) is 46.0 Å². The molecule has 82 valence electrons.